The zero-order valence-electron chi connectivity index (χ0n) is 12.1. The largest absolute Gasteiger partial charge is 0.492 e. The summed E-state index contributed by atoms with van der Waals surface area (Å²) in [6, 6.07) is 9.87. The van der Waals surface area contributed by atoms with Crippen molar-refractivity contribution in [3.63, 3.8) is 0 Å². The van der Waals surface area contributed by atoms with Gasteiger partial charge in [0.05, 0.1) is 23.9 Å². The number of likely N-dealkylation sites (tertiary alicyclic amines) is 1. The number of hydrogen-bond acceptors (Lipinski definition) is 4. The number of aromatic nitrogens is 2. The number of ether oxygens (including phenoxy) is 1. The van der Waals surface area contributed by atoms with E-state index in [1.54, 1.807) is 12.1 Å². The molecule has 108 valence electrons. The maximum Gasteiger partial charge on any atom is 0.120 e. The van der Waals surface area contributed by atoms with Crippen molar-refractivity contribution < 1.29 is 4.74 Å². The SMILES string of the molecule is Cc1cnn(C2CN(CCOc3cccc(C#N)c3)C2)c1. The third-order valence-electron chi connectivity index (χ3n) is 3.68. The Hall–Kier alpha value is -2.32. The molecule has 1 aromatic heterocycles. The first-order valence-corrected chi connectivity index (χ1v) is 7.10. The van der Waals surface area contributed by atoms with Crippen molar-refractivity contribution >= 4 is 0 Å². The number of benzene rings is 1. The zero-order valence-corrected chi connectivity index (χ0v) is 12.1. The van der Waals surface area contributed by atoms with Gasteiger partial charge in [0.25, 0.3) is 0 Å². The smallest absolute Gasteiger partial charge is 0.120 e. The summed E-state index contributed by atoms with van der Waals surface area (Å²) in [5, 5.41) is 13.2. The van der Waals surface area contributed by atoms with E-state index in [-0.39, 0.29) is 0 Å². The Balaban J connectivity index is 1.40. The van der Waals surface area contributed by atoms with Gasteiger partial charge in [-0.25, -0.2) is 0 Å². The van der Waals surface area contributed by atoms with Crippen molar-refractivity contribution in [2.75, 3.05) is 26.2 Å². The average molecular weight is 282 g/mol. The summed E-state index contributed by atoms with van der Waals surface area (Å²) in [5.74, 6) is 0.758. The zero-order chi connectivity index (χ0) is 14.7. The molecule has 1 aliphatic heterocycles. The first-order valence-electron chi connectivity index (χ1n) is 7.10. The lowest BCUT2D eigenvalue weighted by Gasteiger charge is -2.39. The van der Waals surface area contributed by atoms with Crippen LogP contribution in [-0.2, 0) is 0 Å². The summed E-state index contributed by atoms with van der Waals surface area (Å²) in [6.07, 6.45) is 3.99. The van der Waals surface area contributed by atoms with Crippen LogP contribution in [0.5, 0.6) is 5.75 Å². The van der Waals surface area contributed by atoms with Crippen LogP contribution < -0.4 is 4.74 Å². The highest BCUT2D eigenvalue weighted by atomic mass is 16.5. The van der Waals surface area contributed by atoms with Gasteiger partial charge in [-0.05, 0) is 30.7 Å². The topological polar surface area (TPSA) is 54.1 Å². The summed E-state index contributed by atoms with van der Waals surface area (Å²) >= 11 is 0. The van der Waals surface area contributed by atoms with Crippen LogP contribution in [0.4, 0.5) is 0 Å². The molecule has 1 aliphatic rings. The highest BCUT2D eigenvalue weighted by molar-refractivity contribution is 5.36. The van der Waals surface area contributed by atoms with E-state index in [1.807, 2.05) is 23.0 Å². The summed E-state index contributed by atoms with van der Waals surface area (Å²) < 4.78 is 7.73. The molecule has 3 rings (SSSR count). The Bertz CT molecular complexity index is 652. The molecule has 1 aromatic carbocycles. The second-order valence-corrected chi connectivity index (χ2v) is 5.40. The molecule has 0 aliphatic carbocycles. The van der Waals surface area contributed by atoms with Crippen LogP contribution in [0, 0.1) is 18.3 Å². The van der Waals surface area contributed by atoms with Gasteiger partial charge in [0, 0.05) is 25.8 Å². The van der Waals surface area contributed by atoms with Gasteiger partial charge < -0.3 is 4.74 Å². The van der Waals surface area contributed by atoms with Crippen molar-refractivity contribution in [2.24, 2.45) is 0 Å². The minimum atomic E-state index is 0.487. The lowest BCUT2D eigenvalue weighted by molar-refractivity contribution is 0.0817. The summed E-state index contributed by atoms with van der Waals surface area (Å²) in [4.78, 5) is 2.34. The van der Waals surface area contributed by atoms with Crippen molar-refractivity contribution in [3.8, 4) is 11.8 Å². The second kappa shape index (κ2) is 5.98. The van der Waals surface area contributed by atoms with E-state index in [9.17, 15) is 0 Å². The molecule has 2 aromatic rings. The van der Waals surface area contributed by atoms with Crippen molar-refractivity contribution in [3.05, 3.63) is 47.8 Å². The first kappa shape index (κ1) is 13.7. The number of hydrogen-bond donors (Lipinski definition) is 0. The van der Waals surface area contributed by atoms with Crippen LogP contribution in [0.15, 0.2) is 36.7 Å². The van der Waals surface area contributed by atoms with Gasteiger partial charge in [0.2, 0.25) is 0 Å². The highest BCUT2D eigenvalue weighted by Gasteiger charge is 2.28. The van der Waals surface area contributed by atoms with Crippen molar-refractivity contribution in [1.82, 2.24) is 14.7 Å². The van der Waals surface area contributed by atoms with Crippen LogP contribution in [0.3, 0.4) is 0 Å². The molecular formula is C16H18N4O. The number of nitriles is 1. The maximum absolute atomic E-state index is 8.84. The molecule has 5 nitrogen and oxygen atoms in total. The molecule has 0 saturated carbocycles. The van der Waals surface area contributed by atoms with E-state index in [0.29, 0.717) is 18.2 Å². The molecule has 0 unspecified atom stereocenters. The highest BCUT2D eigenvalue weighted by Crippen LogP contribution is 2.20. The Morgan fingerprint density at radius 1 is 1.43 bits per heavy atom. The van der Waals surface area contributed by atoms with Crippen LogP contribution >= 0.6 is 0 Å². The van der Waals surface area contributed by atoms with Crippen LogP contribution in [0.2, 0.25) is 0 Å². The van der Waals surface area contributed by atoms with Gasteiger partial charge in [-0.1, -0.05) is 6.07 Å². The molecule has 1 fully saturated rings. The molecule has 0 amide bonds. The lowest BCUT2D eigenvalue weighted by Crippen LogP contribution is -2.49. The predicted molar refractivity (Wildman–Crippen MR) is 79.1 cm³/mol. The van der Waals surface area contributed by atoms with E-state index in [1.165, 1.54) is 5.56 Å². The Morgan fingerprint density at radius 3 is 3.00 bits per heavy atom. The Kier molecular flexibility index (Phi) is 3.89. The molecule has 0 atom stereocenters. The maximum atomic E-state index is 8.84. The molecule has 1 saturated heterocycles. The lowest BCUT2D eigenvalue weighted by atomic mass is 10.1. The fourth-order valence-corrected chi connectivity index (χ4v) is 2.47. The molecule has 5 heteroatoms. The van der Waals surface area contributed by atoms with Gasteiger partial charge in [0.1, 0.15) is 12.4 Å². The molecule has 0 radical (unpaired) electrons. The van der Waals surface area contributed by atoms with E-state index in [4.69, 9.17) is 10.00 Å². The molecular weight excluding hydrogens is 264 g/mol. The number of aryl methyl sites for hydroxylation is 1. The minimum absolute atomic E-state index is 0.487. The van der Waals surface area contributed by atoms with Crippen molar-refractivity contribution in [1.29, 1.82) is 5.26 Å². The minimum Gasteiger partial charge on any atom is -0.492 e. The quantitative estimate of drug-likeness (QED) is 0.841. The van der Waals surface area contributed by atoms with Crippen LogP contribution in [-0.4, -0.2) is 40.9 Å². The third kappa shape index (κ3) is 3.23. The first-order chi connectivity index (χ1) is 10.2. The fraction of sp³-hybridized carbons (Fsp3) is 0.375. The van der Waals surface area contributed by atoms with Gasteiger partial charge in [-0.15, -0.1) is 0 Å². The number of rotatable bonds is 5. The molecule has 2 heterocycles. The van der Waals surface area contributed by atoms with Gasteiger partial charge >= 0.3 is 0 Å². The van der Waals surface area contributed by atoms with Crippen molar-refractivity contribution in [2.45, 2.75) is 13.0 Å². The van der Waals surface area contributed by atoms with Gasteiger partial charge in [0.15, 0.2) is 0 Å². The predicted octanol–water partition coefficient (Wildman–Crippen LogP) is 2.00. The molecule has 0 N–H and O–H groups in total. The van der Waals surface area contributed by atoms with Crippen LogP contribution in [0.1, 0.15) is 17.2 Å². The fourth-order valence-electron chi connectivity index (χ4n) is 2.47. The normalized spacial score (nSPS) is 15.4. The Labute approximate surface area is 124 Å². The van der Waals surface area contributed by atoms with E-state index < -0.39 is 0 Å². The van der Waals surface area contributed by atoms with Gasteiger partial charge in [-0.3, -0.25) is 9.58 Å². The third-order valence-corrected chi connectivity index (χ3v) is 3.68. The van der Waals surface area contributed by atoms with Gasteiger partial charge in [-0.2, -0.15) is 10.4 Å². The van der Waals surface area contributed by atoms with E-state index in [0.717, 1.165) is 25.4 Å². The molecule has 0 bridgehead atoms. The Morgan fingerprint density at radius 2 is 2.29 bits per heavy atom. The summed E-state index contributed by atoms with van der Waals surface area (Å²) in [7, 11) is 0. The summed E-state index contributed by atoms with van der Waals surface area (Å²) in [5.41, 5.74) is 1.83. The standard InChI is InChI=1S/C16H18N4O/c1-13-9-18-20(10-13)15-11-19(12-15)5-6-21-16-4-2-3-14(7-16)8-17/h2-4,7,9-10,15H,5-6,11-12H2,1H3. The second-order valence-electron chi connectivity index (χ2n) is 5.40. The number of nitrogens with zero attached hydrogens (tertiary/aromatic N) is 4. The van der Waals surface area contributed by atoms with E-state index in [2.05, 4.69) is 29.2 Å². The summed E-state index contributed by atoms with van der Waals surface area (Å²) in [6.45, 7) is 5.63. The monoisotopic (exact) mass is 282 g/mol. The van der Waals surface area contributed by atoms with E-state index >= 15 is 0 Å². The van der Waals surface area contributed by atoms with Crippen LogP contribution in [0.25, 0.3) is 0 Å². The molecule has 0 spiro atoms. The average Bonchev–Trinajstić information content (AvgIpc) is 2.87. The molecule has 21 heavy (non-hydrogen) atoms.